The van der Waals surface area contributed by atoms with Gasteiger partial charge in [0.1, 0.15) is 6.04 Å². The molecule has 1 aromatic carbocycles. The van der Waals surface area contributed by atoms with Crippen molar-refractivity contribution in [3.05, 3.63) is 57.2 Å². The van der Waals surface area contributed by atoms with Gasteiger partial charge in [-0.15, -0.1) is 0 Å². The fraction of sp³-hybridized carbons (Fsp3) is 0.200. The summed E-state index contributed by atoms with van der Waals surface area (Å²) in [5.74, 6) is 0.116. The minimum atomic E-state index is -0.189. The van der Waals surface area contributed by atoms with E-state index in [1.165, 1.54) is 12.3 Å². The second-order valence-electron chi connectivity index (χ2n) is 4.82. The Morgan fingerprint density at radius 2 is 2.05 bits per heavy atom. The monoisotopic (exact) mass is 358 g/mol. The highest BCUT2D eigenvalue weighted by Gasteiger charge is 2.13. The molecule has 0 radical (unpaired) electrons. The normalized spacial score (nSPS) is 12.0. The van der Waals surface area contributed by atoms with Crippen LogP contribution in [0.5, 0.6) is 0 Å². The van der Waals surface area contributed by atoms with Crippen LogP contribution in [-0.2, 0) is 4.79 Å². The summed E-state index contributed by atoms with van der Waals surface area (Å²) < 4.78 is 0. The number of hydrogen-bond acceptors (Lipinski definition) is 2. The number of nitrogens with one attached hydrogen (secondary N) is 1. The molecule has 1 amide bonds. The fourth-order valence-corrected chi connectivity index (χ4v) is 2.53. The van der Waals surface area contributed by atoms with Gasteiger partial charge in [0, 0.05) is 16.8 Å². The summed E-state index contributed by atoms with van der Waals surface area (Å²) in [6, 6.07) is 9.21. The van der Waals surface area contributed by atoms with Crippen molar-refractivity contribution < 1.29 is 10.1 Å². The van der Waals surface area contributed by atoms with E-state index in [2.05, 4.69) is 10.3 Å². The first-order valence-electron chi connectivity index (χ1n) is 6.65. The first kappa shape index (κ1) is 17.0. The standard InChI is InChI=1S/C15H14Cl3N3O/c1-9(10-3-2-4-11(16)5-10)19-8-14(22)21-15-13(18)6-12(17)7-20-15/h2-7,9,19H,8H2,1H3,(H,20,21,22)/p+1/t9-/m1/s1. The largest absolute Gasteiger partial charge is 0.333 e. The summed E-state index contributed by atoms with van der Waals surface area (Å²) in [5.41, 5.74) is 1.06. The van der Waals surface area contributed by atoms with Gasteiger partial charge in [-0.3, -0.25) is 4.79 Å². The van der Waals surface area contributed by atoms with Crippen molar-refractivity contribution in [2.45, 2.75) is 13.0 Å². The minimum absolute atomic E-state index is 0.109. The molecule has 0 aliphatic heterocycles. The van der Waals surface area contributed by atoms with Gasteiger partial charge in [0.25, 0.3) is 5.91 Å². The van der Waals surface area contributed by atoms with Gasteiger partial charge < -0.3 is 10.6 Å². The van der Waals surface area contributed by atoms with Crippen LogP contribution >= 0.6 is 34.8 Å². The number of aromatic nitrogens is 1. The van der Waals surface area contributed by atoms with E-state index in [4.69, 9.17) is 34.8 Å². The van der Waals surface area contributed by atoms with Gasteiger partial charge in [0.2, 0.25) is 0 Å². The van der Waals surface area contributed by atoms with Crippen LogP contribution in [0.2, 0.25) is 15.1 Å². The van der Waals surface area contributed by atoms with Crippen LogP contribution in [0.3, 0.4) is 0 Å². The molecule has 1 aromatic heterocycles. The molecule has 0 fully saturated rings. The van der Waals surface area contributed by atoms with E-state index < -0.39 is 0 Å². The molecule has 4 nitrogen and oxygen atoms in total. The number of quaternary nitrogens is 1. The molecule has 0 bridgehead atoms. The maximum absolute atomic E-state index is 12.0. The Labute approximate surface area is 143 Å². The minimum Gasteiger partial charge on any atom is -0.333 e. The van der Waals surface area contributed by atoms with Crippen molar-refractivity contribution >= 4 is 46.5 Å². The first-order valence-corrected chi connectivity index (χ1v) is 7.79. The number of carbonyl (C=O) groups is 1. The van der Waals surface area contributed by atoms with Crippen LogP contribution in [-0.4, -0.2) is 17.4 Å². The number of nitrogens with two attached hydrogens (primary N) is 1. The zero-order valence-electron chi connectivity index (χ0n) is 11.8. The van der Waals surface area contributed by atoms with Crippen molar-refractivity contribution in [3.63, 3.8) is 0 Å². The van der Waals surface area contributed by atoms with E-state index in [9.17, 15) is 4.79 Å². The lowest BCUT2D eigenvalue weighted by molar-refractivity contribution is -0.682. The summed E-state index contributed by atoms with van der Waals surface area (Å²) in [5, 5.41) is 5.97. The highest BCUT2D eigenvalue weighted by Crippen LogP contribution is 2.22. The molecular weight excluding hydrogens is 345 g/mol. The Morgan fingerprint density at radius 3 is 2.73 bits per heavy atom. The quantitative estimate of drug-likeness (QED) is 0.860. The molecule has 22 heavy (non-hydrogen) atoms. The molecule has 0 aliphatic carbocycles. The average molecular weight is 360 g/mol. The van der Waals surface area contributed by atoms with E-state index in [0.717, 1.165) is 5.56 Å². The Morgan fingerprint density at radius 1 is 1.27 bits per heavy atom. The topological polar surface area (TPSA) is 58.6 Å². The smallest absolute Gasteiger partial charge is 0.280 e. The van der Waals surface area contributed by atoms with Gasteiger partial charge in [-0.2, -0.15) is 0 Å². The van der Waals surface area contributed by atoms with Crippen molar-refractivity contribution in [3.8, 4) is 0 Å². The second kappa shape index (κ2) is 7.79. The molecule has 0 spiro atoms. The Kier molecular flexibility index (Phi) is 6.03. The van der Waals surface area contributed by atoms with E-state index in [1.807, 2.05) is 36.5 Å². The number of nitrogens with zero attached hydrogens (tertiary/aromatic N) is 1. The van der Waals surface area contributed by atoms with Crippen LogP contribution in [0.1, 0.15) is 18.5 Å². The third kappa shape index (κ3) is 4.85. The van der Waals surface area contributed by atoms with Crippen LogP contribution in [0, 0.1) is 0 Å². The SMILES string of the molecule is C[C@@H]([NH2+]CC(=O)Nc1ncc(Cl)cc1Cl)c1cccc(Cl)c1. The lowest BCUT2D eigenvalue weighted by Gasteiger charge is -2.11. The van der Waals surface area contributed by atoms with Crippen molar-refractivity contribution in [1.82, 2.24) is 4.98 Å². The van der Waals surface area contributed by atoms with Crippen molar-refractivity contribution in [1.29, 1.82) is 0 Å². The zero-order valence-corrected chi connectivity index (χ0v) is 14.1. The number of pyridine rings is 1. The highest BCUT2D eigenvalue weighted by molar-refractivity contribution is 6.36. The predicted molar refractivity (Wildman–Crippen MR) is 89.5 cm³/mol. The van der Waals surface area contributed by atoms with Crippen LogP contribution in [0.15, 0.2) is 36.5 Å². The van der Waals surface area contributed by atoms with Gasteiger partial charge in [-0.05, 0) is 25.1 Å². The van der Waals surface area contributed by atoms with Crippen molar-refractivity contribution in [2.75, 3.05) is 11.9 Å². The van der Waals surface area contributed by atoms with Gasteiger partial charge in [0.15, 0.2) is 12.4 Å². The first-order chi connectivity index (χ1) is 10.5. The molecule has 116 valence electrons. The van der Waals surface area contributed by atoms with E-state index in [-0.39, 0.29) is 18.5 Å². The number of halogens is 3. The molecule has 1 atom stereocenters. The molecular formula is C15H15Cl3N3O+. The lowest BCUT2D eigenvalue weighted by atomic mass is 10.1. The maximum Gasteiger partial charge on any atom is 0.280 e. The summed E-state index contributed by atoms with van der Waals surface area (Å²) >= 11 is 17.7. The maximum atomic E-state index is 12.0. The number of hydrogen-bond donors (Lipinski definition) is 2. The van der Waals surface area contributed by atoms with Crippen LogP contribution in [0.4, 0.5) is 5.82 Å². The van der Waals surface area contributed by atoms with Gasteiger partial charge in [0.05, 0.1) is 10.0 Å². The van der Waals surface area contributed by atoms with E-state index in [1.54, 1.807) is 0 Å². The Hall–Kier alpha value is -1.33. The van der Waals surface area contributed by atoms with E-state index >= 15 is 0 Å². The number of benzene rings is 1. The Balaban J connectivity index is 1.90. The van der Waals surface area contributed by atoms with Crippen LogP contribution in [0.25, 0.3) is 0 Å². The third-order valence-corrected chi connectivity index (χ3v) is 3.83. The van der Waals surface area contributed by atoms with Crippen LogP contribution < -0.4 is 10.6 Å². The summed E-state index contributed by atoms with van der Waals surface area (Å²) in [7, 11) is 0. The van der Waals surface area contributed by atoms with Gasteiger partial charge >= 0.3 is 0 Å². The summed E-state index contributed by atoms with van der Waals surface area (Å²) in [6.07, 6.45) is 1.43. The molecule has 0 aliphatic rings. The third-order valence-electron chi connectivity index (χ3n) is 3.10. The molecule has 1 heterocycles. The van der Waals surface area contributed by atoms with Gasteiger partial charge in [-0.25, -0.2) is 4.98 Å². The van der Waals surface area contributed by atoms with Crippen molar-refractivity contribution in [2.24, 2.45) is 0 Å². The summed E-state index contributed by atoms with van der Waals surface area (Å²) in [4.78, 5) is 15.9. The summed E-state index contributed by atoms with van der Waals surface area (Å²) in [6.45, 7) is 2.25. The molecule has 0 unspecified atom stereocenters. The molecule has 2 rings (SSSR count). The zero-order chi connectivity index (χ0) is 16.1. The number of amides is 1. The molecule has 0 saturated carbocycles. The average Bonchev–Trinajstić information content (AvgIpc) is 2.47. The molecule has 3 N–H and O–H groups in total. The molecule has 2 aromatic rings. The highest BCUT2D eigenvalue weighted by atomic mass is 35.5. The van der Waals surface area contributed by atoms with Gasteiger partial charge in [-0.1, -0.05) is 46.9 Å². The second-order valence-corrected chi connectivity index (χ2v) is 6.10. The number of carbonyl (C=O) groups excluding carboxylic acids is 1. The molecule has 0 saturated heterocycles. The fourth-order valence-electron chi connectivity index (χ4n) is 1.90. The predicted octanol–water partition coefficient (Wildman–Crippen LogP) is 3.30. The molecule has 7 heteroatoms. The Bertz CT molecular complexity index is 679. The van der Waals surface area contributed by atoms with E-state index in [0.29, 0.717) is 20.9 Å². The number of anilines is 1. The lowest BCUT2D eigenvalue weighted by Crippen LogP contribution is -2.86. The number of rotatable bonds is 5.